The van der Waals surface area contributed by atoms with Crippen molar-refractivity contribution >= 4 is 34.9 Å². The molecule has 2 rings (SSSR count). The third kappa shape index (κ3) is 4.63. The molecule has 0 atom stereocenters. The highest BCUT2D eigenvalue weighted by Gasteiger charge is 2.16. The van der Waals surface area contributed by atoms with Gasteiger partial charge in [0.1, 0.15) is 11.4 Å². The fourth-order valence-corrected chi connectivity index (χ4v) is 2.86. The lowest BCUT2D eigenvalue weighted by molar-refractivity contribution is -0.154. The van der Waals surface area contributed by atoms with Crippen LogP contribution >= 0.6 is 12.2 Å². The minimum atomic E-state index is -0.494. The third-order valence-corrected chi connectivity index (χ3v) is 4.01. The highest BCUT2D eigenvalue weighted by atomic mass is 32.1. The smallest absolute Gasteiger partial charge is 0.306 e. The van der Waals surface area contributed by atoms with Gasteiger partial charge in [-0.25, -0.2) is 4.98 Å². The summed E-state index contributed by atoms with van der Waals surface area (Å²) in [6.07, 6.45) is 0.830. The van der Waals surface area contributed by atoms with E-state index in [0.717, 1.165) is 0 Å². The van der Waals surface area contributed by atoms with E-state index < -0.39 is 5.60 Å². The van der Waals surface area contributed by atoms with E-state index in [1.54, 1.807) is 30.9 Å². The molecule has 0 aliphatic rings. The third-order valence-electron chi connectivity index (χ3n) is 3.70. The predicted octanol–water partition coefficient (Wildman–Crippen LogP) is 3.49. The number of hydrogen-bond donors (Lipinski definition) is 1. The molecular weight excluding hydrogens is 354 g/mol. The lowest BCUT2D eigenvalue weighted by Gasteiger charge is -2.19. The van der Waals surface area contributed by atoms with Crippen LogP contribution in [0, 0.1) is 4.77 Å². The number of anilines is 1. The van der Waals surface area contributed by atoms with Crippen molar-refractivity contribution < 1.29 is 19.0 Å². The largest absolute Gasteiger partial charge is 0.493 e. The molecular formula is C18H25N3O4S. The lowest BCUT2D eigenvalue weighted by Crippen LogP contribution is -2.24. The molecule has 0 saturated carbocycles. The van der Waals surface area contributed by atoms with Gasteiger partial charge in [-0.05, 0) is 45.5 Å². The molecule has 1 heterocycles. The minimum absolute atomic E-state index is 0.247. The average Bonchev–Trinajstić information content (AvgIpc) is 2.55. The van der Waals surface area contributed by atoms with Gasteiger partial charge >= 0.3 is 5.97 Å². The Hall–Kier alpha value is -2.35. The summed E-state index contributed by atoms with van der Waals surface area (Å²) in [7, 11) is 3.12. The molecule has 26 heavy (non-hydrogen) atoms. The molecule has 2 aromatic rings. The molecule has 1 aromatic heterocycles. The van der Waals surface area contributed by atoms with Crippen LogP contribution in [-0.2, 0) is 16.1 Å². The first-order valence-electron chi connectivity index (χ1n) is 8.30. The van der Waals surface area contributed by atoms with Gasteiger partial charge in [-0.3, -0.25) is 4.79 Å². The number of esters is 1. The van der Waals surface area contributed by atoms with Crippen LogP contribution in [0.5, 0.6) is 11.5 Å². The Bertz CT molecular complexity index is 871. The maximum atomic E-state index is 11.9. The zero-order valence-electron chi connectivity index (χ0n) is 15.8. The second-order valence-electron chi connectivity index (χ2n) is 6.85. The summed E-state index contributed by atoms with van der Waals surface area (Å²) >= 11 is 5.36. The van der Waals surface area contributed by atoms with Crippen LogP contribution in [0.1, 0.15) is 33.6 Å². The number of benzene rings is 1. The van der Waals surface area contributed by atoms with Crippen molar-refractivity contribution in [3.63, 3.8) is 0 Å². The van der Waals surface area contributed by atoms with Gasteiger partial charge < -0.3 is 24.5 Å². The number of hydrogen-bond acceptors (Lipinski definition) is 7. The van der Waals surface area contributed by atoms with Crippen molar-refractivity contribution in [1.82, 2.24) is 9.55 Å². The normalized spacial score (nSPS) is 11.4. The number of nitrogens with two attached hydrogens (primary N) is 1. The number of fused-ring (bicyclic) bond motifs is 1. The Kier molecular flexibility index (Phi) is 6.07. The molecule has 0 fully saturated rings. The molecule has 8 heteroatoms. The van der Waals surface area contributed by atoms with Crippen LogP contribution in [0.4, 0.5) is 5.82 Å². The Labute approximate surface area is 158 Å². The maximum Gasteiger partial charge on any atom is 0.306 e. The number of rotatable bonds is 6. The fraction of sp³-hybridized carbons (Fsp3) is 0.500. The van der Waals surface area contributed by atoms with Gasteiger partial charge in [0.05, 0.1) is 19.7 Å². The maximum absolute atomic E-state index is 11.9. The van der Waals surface area contributed by atoms with E-state index in [1.807, 2.05) is 20.8 Å². The molecule has 0 unspecified atom stereocenters. The number of aromatic nitrogens is 2. The number of nitrogen functional groups attached to an aromatic ring is 1. The molecule has 0 radical (unpaired) electrons. The Balaban J connectivity index is 2.25. The molecule has 1 aromatic carbocycles. The van der Waals surface area contributed by atoms with Crippen LogP contribution in [0.2, 0.25) is 0 Å². The van der Waals surface area contributed by atoms with E-state index in [0.29, 0.717) is 46.0 Å². The summed E-state index contributed by atoms with van der Waals surface area (Å²) < 4.78 is 18.0. The topological polar surface area (TPSA) is 88.6 Å². The Morgan fingerprint density at radius 3 is 2.42 bits per heavy atom. The molecule has 0 aliphatic heterocycles. The summed E-state index contributed by atoms with van der Waals surface area (Å²) in [5, 5.41) is 0.716. The monoisotopic (exact) mass is 379 g/mol. The summed E-state index contributed by atoms with van der Waals surface area (Å²) in [6.45, 7) is 6.00. The van der Waals surface area contributed by atoms with Crippen LogP contribution < -0.4 is 15.2 Å². The molecule has 0 saturated heterocycles. The van der Waals surface area contributed by atoms with E-state index in [9.17, 15) is 4.79 Å². The second kappa shape index (κ2) is 7.90. The van der Waals surface area contributed by atoms with E-state index >= 15 is 0 Å². The van der Waals surface area contributed by atoms with Crippen LogP contribution in [0.15, 0.2) is 12.1 Å². The Morgan fingerprint density at radius 1 is 1.23 bits per heavy atom. The average molecular weight is 379 g/mol. The molecule has 0 spiro atoms. The zero-order valence-corrected chi connectivity index (χ0v) is 16.6. The first kappa shape index (κ1) is 20.0. The quantitative estimate of drug-likeness (QED) is 0.607. The molecule has 2 N–H and O–H groups in total. The number of methoxy groups -OCH3 is 2. The van der Waals surface area contributed by atoms with Gasteiger partial charge in [-0.15, -0.1) is 0 Å². The molecule has 0 aliphatic carbocycles. The number of nitrogens with zero attached hydrogens (tertiary/aromatic N) is 2. The highest BCUT2D eigenvalue weighted by Crippen LogP contribution is 2.33. The van der Waals surface area contributed by atoms with E-state index in [4.69, 9.17) is 32.2 Å². The fourth-order valence-electron chi connectivity index (χ4n) is 2.57. The molecule has 0 amide bonds. The number of carbonyl (C=O) groups is 1. The van der Waals surface area contributed by atoms with E-state index in [1.165, 1.54) is 0 Å². The summed E-state index contributed by atoms with van der Waals surface area (Å²) in [6, 6.07) is 3.51. The lowest BCUT2D eigenvalue weighted by atomic mass is 10.2. The van der Waals surface area contributed by atoms with E-state index in [2.05, 4.69) is 4.98 Å². The Morgan fingerprint density at radius 2 is 1.85 bits per heavy atom. The van der Waals surface area contributed by atoms with Crippen molar-refractivity contribution in [2.45, 2.75) is 45.8 Å². The van der Waals surface area contributed by atoms with Crippen LogP contribution in [-0.4, -0.2) is 35.3 Å². The SMILES string of the molecule is COc1cc2nc(=S)n(CCCC(=O)OC(C)(C)C)c(N)c2cc1OC. The van der Waals surface area contributed by atoms with Gasteiger partial charge in [0.2, 0.25) is 4.77 Å². The van der Waals surface area contributed by atoms with E-state index in [-0.39, 0.29) is 12.4 Å². The van der Waals surface area contributed by atoms with Crippen molar-refractivity contribution in [1.29, 1.82) is 0 Å². The van der Waals surface area contributed by atoms with Crippen molar-refractivity contribution in [2.75, 3.05) is 20.0 Å². The molecule has 7 nitrogen and oxygen atoms in total. The van der Waals surface area contributed by atoms with Gasteiger partial charge in [0.25, 0.3) is 0 Å². The molecule has 142 valence electrons. The standard InChI is InChI=1S/C18H25N3O4S/c1-18(2,3)25-15(22)7-6-8-21-16(19)11-9-13(23-4)14(24-5)10-12(11)20-17(21)26/h9-10H,6-8,19H2,1-5H3. The molecule has 0 bridgehead atoms. The van der Waals surface area contributed by atoms with Gasteiger partial charge in [-0.1, -0.05) is 0 Å². The summed E-state index contributed by atoms with van der Waals surface area (Å²) in [5.74, 6) is 1.35. The predicted molar refractivity (Wildman–Crippen MR) is 103 cm³/mol. The van der Waals surface area contributed by atoms with Gasteiger partial charge in [-0.2, -0.15) is 0 Å². The van der Waals surface area contributed by atoms with Gasteiger partial charge in [0, 0.05) is 24.4 Å². The van der Waals surface area contributed by atoms with Crippen molar-refractivity contribution in [3.8, 4) is 11.5 Å². The minimum Gasteiger partial charge on any atom is -0.493 e. The number of carbonyl (C=O) groups excluding carboxylic acids is 1. The first-order valence-corrected chi connectivity index (χ1v) is 8.71. The first-order chi connectivity index (χ1) is 12.2. The van der Waals surface area contributed by atoms with Crippen molar-refractivity contribution in [2.24, 2.45) is 0 Å². The number of ether oxygens (including phenoxy) is 3. The second-order valence-corrected chi connectivity index (χ2v) is 7.21. The van der Waals surface area contributed by atoms with Gasteiger partial charge in [0.15, 0.2) is 11.5 Å². The highest BCUT2D eigenvalue weighted by molar-refractivity contribution is 7.71. The summed E-state index contributed by atoms with van der Waals surface area (Å²) in [4.78, 5) is 16.3. The zero-order chi connectivity index (χ0) is 19.5. The van der Waals surface area contributed by atoms with Crippen molar-refractivity contribution in [3.05, 3.63) is 16.9 Å². The summed E-state index contributed by atoms with van der Waals surface area (Å²) in [5.41, 5.74) is 6.44. The van der Waals surface area contributed by atoms with Crippen LogP contribution in [0.25, 0.3) is 10.9 Å². The van der Waals surface area contributed by atoms with Crippen LogP contribution in [0.3, 0.4) is 0 Å².